The van der Waals surface area contributed by atoms with Crippen LogP contribution in [0.1, 0.15) is 50.8 Å². The number of hydrogen-bond donors (Lipinski definition) is 1. The Balaban J connectivity index is 1.90. The smallest absolute Gasteiger partial charge is 0.295 e. The van der Waals surface area contributed by atoms with E-state index < -0.39 is 17.7 Å². The molecule has 5 nitrogen and oxygen atoms in total. The van der Waals surface area contributed by atoms with E-state index in [-0.39, 0.29) is 17.4 Å². The molecule has 0 aromatic heterocycles. The average Bonchev–Trinajstić information content (AvgIpc) is 3.06. The highest BCUT2D eigenvalue weighted by molar-refractivity contribution is 6.46. The van der Waals surface area contributed by atoms with E-state index in [9.17, 15) is 14.7 Å². The monoisotopic (exact) mass is 443 g/mol. The summed E-state index contributed by atoms with van der Waals surface area (Å²) in [6.45, 7) is 6.33. The maximum Gasteiger partial charge on any atom is 0.295 e. The van der Waals surface area contributed by atoms with Crippen LogP contribution in [0.2, 0.25) is 0 Å². The molecule has 1 atom stereocenters. The molecule has 0 saturated carbocycles. The highest BCUT2D eigenvalue weighted by Crippen LogP contribution is 2.43. The molecule has 1 heterocycles. The van der Waals surface area contributed by atoms with Crippen molar-refractivity contribution in [1.82, 2.24) is 4.90 Å². The lowest BCUT2D eigenvalue weighted by Gasteiger charge is -2.27. The van der Waals surface area contributed by atoms with Gasteiger partial charge in [-0.05, 0) is 43.2 Å². The van der Waals surface area contributed by atoms with E-state index in [1.54, 1.807) is 11.0 Å². The summed E-state index contributed by atoms with van der Waals surface area (Å²) in [6.07, 6.45) is 1.56. The number of hydrogen-bond acceptors (Lipinski definition) is 4. The second kappa shape index (κ2) is 9.49. The van der Waals surface area contributed by atoms with Gasteiger partial charge in [-0.1, -0.05) is 67.9 Å². The third kappa shape index (κ3) is 4.36. The highest BCUT2D eigenvalue weighted by atomic mass is 16.5. The third-order valence-electron chi connectivity index (χ3n) is 5.89. The molecule has 1 saturated heterocycles. The number of ketones is 1. The number of unbranched alkanes of at least 4 members (excludes halogenated alkanes) is 1. The lowest BCUT2D eigenvalue weighted by molar-refractivity contribution is -0.139. The van der Waals surface area contributed by atoms with Crippen molar-refractivity contribution in [2.45, 2.75) is 45.8 Å². The summed E-state index contributed by atoms with van der Waals surface area (Å²) < 4.78 is 6.02. The Morgan fingerprint density at radius 3 is 2.42 bits per heavy atom. The number of rotatable bonds is 7. The number of ether oxygens (including phenoxy) is 1. The van der Waals surface area contributed by atoms with Gasteiger partial charge in [0.25, 0.3) is 11.7 Å². The van der Waals surface area contributed by atoms with Crippen molar-refractivity contribution in [2.75, 3.05) is 6.54 Å². The fourth-order valence-electron chi connectivity index (χ4n) is 4.32. The molecule has 3 aromatic rings. The molecule has 0 aliphatic carbocycles. The molecule has 5 heteroatoms. The van der Waals surface area contributed by atoms with E-state index in [1.165, 1.54) is 0 Å². The normalized spacial score (nSPS) is 17.8. The minimum Gasteiger partial charge on any atom is -0.507 e. The number of para-hydroxylation sites is 1. The molecule has 1 N–H and O–H groups in total. The van der Waals surface area contributed by atoms with Crippen LogP contribution in [0.5, 0.6) is 5.75 Å². The Labute approximate surface area is 194 Å². The molecule has 3 aromatic carbocycles. The van der Waals surface area contributed by atoms with Gasteiger partial charge >= 0.3 is 0 Å². The zero-order valence-corrected chi connectivity index (χ0v) is 19.2. The lowest BCUT2D eigenvalue weighted by Crippen LogP contribution is -2.31. The Bertz CT molecular complexity index is 1230. The summed E-state index contributed by atoms with van der Waals surface area (Å²) in [7, 11) is 0. The van der Waals surface area contributed by atoms with Crippen molar-refractivity contribution in [2.24, 2.45) is 0 Å². The van der Waals surface area contributed by atoms with Gasteiger partial charge in [0.15, 0.2) is 0 Å². The molecule has 1 fully saturated rings. The van der Waals surface area contributed by atoms with E-state index in [1.807, 2.05) is 81.4 Å². The first-order valence-corrected chi connectivity index (χ1v) is 11.5. The average molecular weight is 444 g/mol. The highest BCUT2D eigenvalue weighted by Gasteiger charge is 2.46. The van der Waals surface area contributed by atoms with Gasteiger partial charge in [-0.3, -0.25) is 9.59 Å². The summed E-state index contributed by atoms with van der Waals surface area (Å²) in [5, 5.41) is 13.3. The predicted molar refractivity (Wildman–Crippen MR) is 130 cm³/mol. The van der Waals surface area contributed by atoms with E-state index in [4.69, 9.17) is 4.74 Å². The van der Waals surface area contributed by atoms with Gasteiger partial charge in [-0.25, -0.2) is 0 Å². The second-order valence-corrected chi connectivity index (χ2v) is 8.61. The van der Waals surface area contributed by atoms with Crippen LogP contribution in [0.25, 0.3) is 16.5 Å². The molecule has 4 rings (SSSR count). The van der Waals surface area contributed by atoms with Crippen molar-refractivity contribution in [3.63, 3.8) is 0 Å². The third-order valence-corrected chi connectivity index (χ3v) is 5.89. The van der Waals surface area contributed by atoms with Crippen LogP contribution in [0.3, 0.4) is 0 Å². The number of aliphatic hydroxyl groups is 1. The van der Waals surface area contributed by atoms with Crippen LogP contribution >= 0.6 is 0 Å². The Morgan fingerprint density at radius 2 is 1.70 bits per heavy atom. The fourth-order valence-corrected chi connectivity index (χ4v) is 4.32. The standard InChI is InChI=1S/C28H29NO4/c1-4-5-16-29-25(22-12-8-9-13-23(22)33-18(2)3)24(27(31)28(29)32)26(30)21-15-14-19-10-6-7-11-20(19)17-21/h6-15,17-18,25,30H,4-5,16H2,1-3H3/b26-24+. The topological polar surface area (TPSA) is 66.8 Å². The van der Waals surface area contributed by atoms with E-state index >= 15 is 0 Å². The number of nitrogens with zero attached hydrogens (tertiary/aromatic N) is 1. The minimum absolute atomic E-state index is 0.0791. The predicted octanol–water partition coefficient (Wildman–Crippen LogP) is 5.85. The number of likely N-dealkylation sites (tertiary alicyclic amines) is 1. The maximum atomic E-state index is 13.2. The number of benzene rings is 3. The molecule has 1 aliphatic heterocycles. The zero-order valence-electron chi connectivity index (χ0n) is 19.2. The van der Waals surface area contributed by atoms with Gasteiger partial charge in [0.2, 0.25) is 0 Å². The molecule has 0 radical (unpaired) electrons. The van der Waals surface area contributed by atoms with Crippen LogP contribution in [-0.2, 0) is 9.59 Å². The van der Waals surface area contributed by atoms with Crippen molar-refractivity contribution >= 4 is 28.2 Å². The first-order valence-electron chi connectivity index (χ1n) is 11.5. The van der Waals surface area contributed by atoms with Gasteiger partial charge in [-0.15, -0.1) is 0 Å². The summed E-state index contributed by atoms with van der Waals surface area (Å²) >= 11 is 0. The molecule has 0 bridgehead atoms. The molecule has 1 aliphatic rings. The molecule has 1 unspecified atom stereocenters. The Morgan fingerprint density at radius 1 is 1.00 bits per heavy atom. The minimum atomic E-state index is -0.710. The van der Waals surface area contributed by atoms with Crippen LogP contribution in [-0.4, -0.2) is 34.3 Å². The van der Waals surface area contributed by atoms with Gasteiger partial charge in [0.1, 0.15) is 11.5 Å². The Hall–Kier alpha value is -3.60. The van der Waals surface area contributed by atoms with Gasteiger partial charge in [0.05, 0.1) is 17.7 Å². The molecule has 0 spiro atoms. The number of amides is 1. The molecule has 1 amide bonds. The largest absolute Gasteiger partial charge is 0.507 e. The van der Waals surface area contributed by atoms with Crippen molar-refractivity contribution in [1.29, 1.82) is 0 Å². The molecule has 33 heavy (non-hydrogen) atoms. The summed E-state index contributed by atoms with van der Waals surface area (Å²) in [4.78, 5) is 27.9. The van der Waals surface area contributed by atoms with Gasteiger partial charge < -0.3 is 14.7 Å². The number of carbonyl (C=O) groups is 2. The quantitative estimate of drug-likeness (QED) is 0.283. The number of Topliss-reactive ketones (excluding diaryl/α,β-unsaturated/α-hetero) is 1. The number of carbonyl (C=O) groups excluding carboxylic acids is 2. The molecule has 170 valence electrons. The van der Waals surface area contributed by atoms with Crippen molar-refractivity contribution in [3.8, 4) is 5.75 Å². The summed E-state index contributed by atoms with van der Waals surface area (Å²) in [5.74, 6) is -0.816. The van der Waals surface area contributed by atoms with E-state index in [0.29, 0.717) is 23.4 Å². The van der Waals surface area contributed by atoms with E-state index in [0.717, 1.165) is 23.6 Å². The van der Waals surface area contributed by atoms with Crippen LogP contribution in [0, 0.1) is 0 Å². The fraction of sp³-hybridized carbons (Fsp3) is 0.286. The Kier molecular flexibility index (Phi) is 6.50. The molecular formula is C28H29NO4. The first kappa shape index (κ1) is 22.6. The first-order chi connectivity index (χ1) is 15.9. The number of aliphatic hydroxyl groups excluding tert-OH is 1. The molecular weight excluding hydrogens is 414 g/mol. The second-order valence-electron chi connectivity index (χ2n) is 8.61. The van der Waals surface area contributed by atoms with Crippen LogP contribution in [0.15, 0.2) is 72.3 Å². The van der Waals surface area contributed by atoms with E-state index in [2.05, 4.69) is 0 Å². The van der Waals surface area contributed by atoms with Crippen LogP contribution < -0.4 is 4.74 Å². The summed E-state index contributed by atoms with van der Waals surface area (Å²) in [5.41, 5.74) is 1.31. The maximum absolute atomic E-state index is 13.2. The van der Waals surface area contributed by atoms with Crippen molar-refractivity contribution < 1.29 is 19.4 Å². The SMILES string of the molecule is CCCCN1C(=O)C(=O)/C(=C(/O)c2ccc3ccccc3c2)C1c1ccccc1OC(C)C. The van der Waals surface area contributed by atoms with Crippen LogP contribution in [0.4, 0.5) is 0 Å². The van der Waals surface area contributed by atoms with Gasteiger partial charge in [0, 0.05) is 17.7 Å². The number of fused-ring (bicyclic) bond motifs is 1. The zero-order chi connectivity index (χ0) is 23.5. The van der Waals surface area contributed by atoms with Crippen molar-refractivity contribution in [3.05, 3.63) is 83.4 Å². The van der Waals surface area contributed by atoms with Gasteiger partial charge in [-0.2, -0.15) is 0 Å². The summed E-state index contributed by atoms with van der Waals surface area (Å²) in [6, 6.07) is 20.1. The lowest BCUT2D eigenvalue weighted by atomic mass is 9.94.